The van der Waals surface area contributed by atoms with E-state index in [1.807, 2.05) is 19.9 Å². The zero-order valence-corrected chi connectivity index (χ0v) is 14.4. The van der Waals surface area contributed by atoms with Crippen molar-refractivity contribution in [3.05, 3.63) is 35.5 Å². The van der Waals surface area contributed by atoms with Gasteiger partial charge >= 0.3 is 0 Å². The van der Waals surface area contributed by atoms with Gasteiger partial charge < -0.3 is 26.9 Å². The Kier molecular flexibility index (Phi) is 5.88. The first-order chi connectivity index (χ1) is 11.4. The summed E-state index contributed by atoms with van der Waals surface area (Å²) in [4.78, 5) is 22.9. The number of hydrogen-bond acceptors (Lipinski definition) is 7. The minimum Gasteiger partial charge on any atom is -0.375 e. The Balaban J connectivity index is 2.29. The Bertz CT molecular complexity index is 731. The van der Waals surface area contributed by atoms with Gasteiger partial charge in [0.2, 0.25) is 0 Å². The molecule has 0 saturated carbocycles. The molecule has 2 aromatic rings. The number of anilines is 3. The Morgan fingerprint density at radius 3 is 2.71 bits per heavy atom. The third-order valence-electron chi connectivity index (χ3n) is 3.64. The van der Waals surface area contributed by atoms with Gasteiger partial charge in [-0.15, -0.1) is 0 Å². The standard InChI is InChI=1S/C16H21N5O2S/c1-9(7-17)14(8-22)19-11-3-4-12(16(18)23)13(6-11)20-15-5-10(2)21-24-15/h3-6,8-9,14,19-20H,7,17H2,1-2H3,(H2,18,23). The molecule has 0 bridgehead atoms. The summed E-state index contributed by atoms with van der Waals surface area (Å²) in [5, 5.41) is 7.08. The molecule has 0 radical (unpaired) electrons. The Labute approximate surface area is 144 Å². The molecule has 8 heteroatoms. The van der Waals surface area contributed by atoms with E-state index in [4.69, 9.17) is 11.5 Å². The average molecular weight is 347 g/mol. The number of aryl methyl sites for hydroxylation is 1. The lowest BCUT2D eigenvalue weighted by molar-refractivity contribution is -0.109. The molecule has 1 heterocycles. The van der Waals surface area contributed by atoms with Gasteiger partial charge in [0.05, 0.1) is 23.0 Å². The number of aldehydes is 1. The van der Waals surface area contributed by atoms with E-state index >= 15 is 0 Å². The third-order valence-corrected chi connectivity index (χ3v) is 4.43. The van der Waals surface area contributed by atoms with Crippen LogP contribution in [0.3, 0.4) is 0 Å². The van der Waals surface area contributed by atoms with Crippen LogP contribution in [0.1, 0.15) is 23.0 Å². The van der Waals surface area contributed by atoms with Crippen LogP contribution in [0.15, 0.2) is 24.3 Å². The molecule has 0 spiro atoms. The molecule has 0 aliphatic heterocycles. The lowest BCUT2D eigenvalue weighted by Crippen LogP contribution is -2.33. The second-order valence-corrected chi connectivity index (χ2v) is 6.41. The molecule has 128 valence electrons. The summed E-state index contributed by atoms with van der Waals surface area (Å²) in [6, 6.07) is 6.54. The van der Waals surface area contributed by atoms with Crippen LogP contribution in [0.25, 0.3) is 0 Å². The summed E-state index contributed by atoms with van der Waals surface area (Å²) in [7, 11) is 0. The Hall–Kier alpha value is -2.45. The molecule has 1 amide bonds. The average Bonchev–Trinajstić information content (AvgIpc) is 2.96. The number of aromatic nitrogens is 1. The smallest absolute Gasteiger partial charge is 0.250 e. The van der Waals surface area contributed by atoms with E-state index in [0.29, 0.717) is 23.5 Å². The first kappa shape index (κ1) is 17.9. The summed E-state index contributed by atoms with van der Waals surface area (Å²) in [6.45, 7) is 4.17. The normalized spacial score (nSPS) is 13.1. The van der Waals surface area contributed by atoms with Crippen LogP contribution in [0.5, 0.6) is 0 Å². The van der Waals surface area contributed by atoms with Gasteiger partial charge in [-0.2, -0.15) is 4.37 Å². The molecule has 7 nitrogen and oxygen atoms in total. The van der Waals surface area contributed by atoms with Crippen molar-refractivity contribution in [2.24, 2.45) is 17.4 Å². The number of carbonyl (C=O) groups excluding carboxylic acids is 2. The van der Waals surface area contributed by atoms with Gasteiger partial charge in [-0.05, 0) is 55.2 Å². The fourth-order valence-electron chi connectivity index (χ4n) is 2.16. The molecule has 1 aromatic heterocycles. The van der Waals surface area contributed by atoms with E-state index in [9.17, 15) is 9.59 Å². The summed E-state index contributed by atoms with van der Waals surface area (Å²) >= 11 is 1.29. The fraction of sp³-hybridized carbons (Fsp3) is 0.312. The van der Waals surface area contributed by atoms with Crippen LogP contribution in [-0.2, 0) is 4.79 Å². The first-order valence-electron chi connectivity index (χ1n) is 7.50. The topological polar surface area (TPSA) is 123 Å². The molecule has 0 fully saturated rings. The van der Waals surface area contributed by atoms with Gasteiger partial charge in [-0.1, -0.05) is 6.92 Å². The second kappa shape index (κ2) is 7.89. The maximum Gasteiger partial charge on any atom is 0.250 e. The molecule has 0 aliphatic rings. The lowest BCUT2D eigenvalue weighted by Gasteiger charge is -2.20. The molecular formula is C16H21N5O2S. The first-order valence-corrected chi connectivity index (χ1v) is 8.28. The SMILES string of the molecule is Cc1cc(Nc2cc(NC(C=O)C(C)CN)ccc2C(N)=O)sn1. The maximum absolute atomic E-state index is 11.6. The summed E-state index contributed by atoms with van der Waals surface area (Å²) in [5.41, 5.74) is 13.6. The molecule has 0 saturated heterocycles. The summed E-state index contributed by atoms with van der Waals surface area (Å²) in [6.07, 6.45) is 0.833. The van der Waals surface area contributed by atoms with Crippen LogP contribution in [-0.4, -0.2) is 29.2 Å². The van der Waals surface area contributed by atoms with Crippen molar-refractivity contribution in [2.75, 3.05) is 17.2 Å². The van der Waals surface area contributed by atoms with Crippen LogP contribution >= 0.6 is 11.5 Å². The van der Waals surface area contributed by atoms with Gasteiger partial charge in [0.15, 0.2) is 0 Å². The lowest BCUT2D eigenvalue weighted by atomic mass is 10.0. The van der Waals surface area contributed by atoms with E-state index in [1.165, 1.54) is 11.5 Å². The molecule has 0 aliphatic carbocycles. The number of nitrogens with zero attached hydrogens (tertiary/aromatic N) is 1. The van der Waals surface area contributed by atoms with E-state index in [-0.39, 0.29) is 5.92 Å². The molecule has 6 N–H and O–H groups in total. The van der Waals surface area contributed by atoms with Crippen molar-refractivity contribution in [2.45, 2.75) is 19.9 Å². The van der Waals surface area contributed by atoms with Crippen LogP contribution in [0.4, 0.5) is 16.4 Å². The van der Waals surface area contributed by atoms with Gasteiger partial charge in [0, 0.05) is 5.69 Å². The molecule has 2 rings (SSSR count). The summed E-state index contributed by atoms with van der Waals surface area (Å²) < 4.78 is 4.19. The van der Waals surface area contributed by atoms with Crippen LogP contribution in [0.2, 0.25) is 0 Å². The highest BCUT2D eigenvalue weighted by Gasteiger charge is 2.16. The van der Waals surface area contributed by atoms with E-state index < -0.39 is 11.9 Å². The van der Waals surface area contributed by atoms with Crippen molar-refractivity contribution >= 4 is 40.1 Å². The van der Waals surface area contributed by atoms with Crippen LogP contribution in [0, 0.1) is 12.8 Å². The van der Waals surface area contributed by atoms with Gasteiger partial charge in [-0.25, -0.2) is 0 Å². The molecule has 2 atom stereocenters. The van der Waals surface area contributed by atoms with Gasteiger partial charge in [0.1, 0.15) is 11.3 Å². The van der Waals surface area contributed by atoms with Gasteiger partial charge in [0.25, 0.3) is 5.91 Å². The van der Waals surface area contributed by atoms with E-state index in [0.717, 1.165) is 17.0 Å². The number of carbonyl (C=O) groups is 2. The monoisotopic (exact) mass is 347 g/mol. The number of benzene rings is 1. The number of nitrogens with one attached hydrogen (secondary N) is 2. The quantitative estimate of drug-likeness (QED) is 0.541. The highest BCUT2D eigenvalue weighted by atomic mass is 32.1. The highest BCUT2D eigenvalue weighted by Crippen LogP contribution is 2.27. The van der Waals surface area contributed by atoms with E-state index in [2.05, 4.69) is 15.0 Å². The predicted octanol–water partition coefficient (Wildman–Crippen LogP) is 1.87. The van der Waals surface area contributed by atoms with E-state index in [1.54, 1.807) is 18.2 Å². The fourth-order valence-corrected chi connectivity index (χ4v) is 2.83. The predicted molar refractivity (Wildman–Crippen MR) is 96.8 cm³/mol. The van der Waals surface area contributed by atoms with Crippen molar-refractivity contribution in [1.29, 1.82) is 0 Å². The minimum absolute atomic E-state index is 0.0149. The second-order valence-electron chi connectivity index (χ2n) is 5.60. The number of rotatable bonds is 8. The van der Waals surface area contributed by atoms with Gasteiger partial charge in [-0.3, -0.25) is 4.79 Å². The maximum atomic E-state index is 11.6. The number of hydrogen-bond donors (Lipinski definition) is 4. The van der Waals surface area contributed by atoms with Crippen LogP contribution < -0.4 is 22.1 Å². The number of primary amides is 1. The Morgan fingerprint density at radius 1 is 1.42 bits per heavy atom. The highest BCUT2D eigenvalue weighted by molar-refractivity contribution is 7.10. The largest absolute Gasteiger partial charge is 0.375 e. The number of nitrogens with two attached hydrogens (primary N) is 2. The Morgan fingerprint density at radius 2 is 2.17 bits per heavy atom. The van der Waals surface area contributed by atoms with Crippen molar-refractivity contribution in [1.82, 2.24) is 4.37 Å². The zero-order chi connectivity index (χ0) is 17.7. The molecular weight excluding hydrogens is 326 g/mol. The molecule has 1 aromatic carbocycles. The van der Waals surface area contributed by atoms with Crippen molar-refractivity contribution in [3.63, 3.8) is 0 Å². The third kappa shape index (κ3) is 4.30. The van der Waals surface area contributed by atoms with Crippen molar-refractivity contribution < 1.29 is 9.59 Å². The molecule has 24 heavy (non-hydrogen) atoms. The zero-order valence-electron chi connectivity index (χ0n) is 13.6. The number of amides is 1. The molecule has 2 unspecified atom stereocenters. The van der Waals surface area contributed by atoms with Crippen molar-refractivity contribution in [3.8, 4) is 0 Å². The summed E-state index contributed by atoms with van der Waals surface area (Å²) in [5.74, 6) is -0.550. The minimum atomic E-state index is -0.535.